The standard InChI is InChI=1S/C11H22N4/c1-10-11(9-15(4)13-10)8-14(3)7-5-6-12-2/h9,12H,5-8H2,1-4H3. The first-order chi connectivity index (χ1) is 7.13. The molecule has 0 saturated carbocycles. The van der Waals surface area contributed by atoms with Gasteiger partial charge in [0.15, 0.2) is 0 Å². The molecule has 0 atom stereocenters. The van der Waals surface area contributed by atoms with Crippen molar-refractivity contribution >= 4 is 0 Å². The number of aromatic nitrogens is 2. The number of hydrogen-bond donors (Lipinski definition) is 1. The van der Waals surface area contributed by atoms with Gasteiger partial charge in [0.25, 0.3) is 0 Å². The molecule has 1 aromatic heterocycles. The molecule has 0 aromatic carbocycles. The van der Waals surface area contributed by atoms with Crippen molar-refractivity contribution in [3.8, 4) is 0 Å². The average Bonchev–Trinajstić information content (AvgIpc) is 2.45. The lowest BCUT2D eigenvalue weighted by atomic mass is 10.2. The molecule has 4 nitrogen and oxygen atoms in total. The number of hydrogen-bond acceptors (Lipinski definition) is 3. The van der Waals surface area contributed by atoms with Crippen LogP contribution < -0.4 is 5.32 Å². The summed E-state index contributed by atoms with van der Waals surface area (Å²) >= 11 is 0. The molecule has 0 aliphatic carbocycles. The molecule has 86 valence electrons. The molecule has 0 unspecified atom stereocenters. The Morgan fingerprint density at radius 3 is 2.80 bits per heavy atom. The quantitative estimate of drug-likeness (QED) is 0.704. The molecule has 1 heterocycles. The Morgan fingerprint density at radius 2 is 2.27 bits per heavy atom. The second-order valence-electron chi connectivity index (χ2n) is 4.11. The highest BCUT2D eigenvalue weighted by Crippen LogP contribution is 2.07. The topological polar surface area (TPSA) is 33.1 Å². The summed E-state index contributed by atoms with van der Waals surface area (Å²) in [6, 6.07) is 0. The van der Waals surface area contributed by atoms with Gasteiger partial charge >= 0.3 is 0 Å². The Kier molecular flexibility index (Phi) is 4.78. The van der Waals surface area contributed by atoms with Crippen LogP contribution in [0.4, 0.5) is 0 Å². The second kappa shape index (κ2) is 5.88. The third kappa shape index (κ3) is 4.01. The minimum absolute atomic E-state index is 0.989. The zero-order valence-electron chi connectivity index (χ0n) is 10.2. The largest absolute Gasteiger partial charge is 0.320 e. The van der Waals surface area contributed by atoms with E-state index in [0.29, 0.717) is 0 Å². The molecular weight excluding hydrogens is 188 g/mol. The van der Waals surface area contributed by atoms with Crippen molar-refractivity contribution in [1.82, 2.24) is 20.0 Å². The van der Waals surface area contributed by atoms with Gasteiger partial charge in [-0.3, -0.25) is 4.68 Å². The second-order valence-corrected chi connectivity index (χ2v) is 4.11. The molecular formula is C11H22N4. The van der Waals surface area contributed by atoms with E-state index in [1.54, 1.807) is 0 Å². The first-order valence-electron chi connectivity index (χ1n) is 5.45. The molecule has 1 rings (SSSR count). The Morgan fingerprint density at radius 1 is 1.53 bits per heavy atom. The predicted octanol–water partition coefficient (Wildman–Crippen LogP) is 0.770. The van der Waals surface area contributed by atoms with Gasteiger partial charge in [-0.2, -0.15) is 5.10 Å². The average molecular weight is 210 g/mol. The van der Waals surface area contributed by atoms with Gasteiger partial charge in [0.1, 0.15) is 0 Å². The van der Waals surface area contributed by atoms with Crippen molar-refractivity contribution in [2.24, 2.45) is 7.05 Å². The normalized spacial score (nSPS) is 11.3. The Labute approximate surface area is 92.3 Å². The Hall–Kier alpha value is -0.870. The summed E-state index contributed by atoms with van der Waals surface area (Å²) in [4.78, 5) is 2.33. The summed E-state index contributed by atoms with van der Waals surface area (Å²) in [5, 5.41) is 7.50. The summed E-state index contributed by atoms with van der Waals surface area (Å²) in [5.41, 5.74) is 2.46. The van der Waals surface area contributed by atoms with Crippen LogP contribution in [-0.2, 0) is 13.6 Å². The number of nitrogens with zero attached hydrogens (tertiary/aromatic N) is 3. The maximum Gasteiger partial charge on any atom is 0.0638 e. The van der Waals surface area contributed by atoms with Crippen LogP contribution in [0.5, 0.6) is 0 Å². The van der Waals surface area contributed by atoms with Crippen LogP contribution in [0, 0.1) is 6.92 Å². The Bertz CT molecular complexity index is 293. The first-order valence-corrected chi connectivity index (χ1v) is 5.45. The molecule has 15 heavy (non-hydrogen) atoms. The van der Waals surface area contributed by atoms with Crippen LogP contribution in [0.1, 0.15) is 17.7 Å². The van der Waals surface area contributed by atoms with Crippen molar-refractivity contribution < 1.29 is 0 Å². The van der Waals surface area contributed by atoms with Crippen LogP contribution in [0.3, 0.4) is 0 Å². The molecule has 1 N–H and O–H groups in total. The monoisotopic (exact) mass is 210 g/mol. The van der Waals surface area contributed by atoms with Gasteiger partial charge in [0.2, 0.25) is 0 Å². The van der Waals surface area contributed by atoms with E-state index in [4.69, 9.17) is 0 Å². The molecule has 0 fully saturated rings. The van der Waals surface area contributed by atoms with Crippen molar-refractivity contribution in [2.75, 3.05) is 27.2 Å². The van der Waals surface area contributed by atoms with Crippen LogP contribution >= 0.6 is 0 Å². The van der Waals surface area contributed by atoms with Crippen LogP contribution in [0.25, 0.3) is 0 Å². The summed E-state index contributed by atoms with van der Waals surface area (Å²) < 4.78 is 1.88. The molecule has 1 aromatic rings. The molecule has 0 radical (unpaired) electrons. The maximum atomic E-state index is 4.34. The van der Waals surface area contributed by atoms with Crippen LogP contribution in [-0.4, -0.2) is 41.9 Å². The van der Waals surface area contributed by atoms with Gasteiger partial charge in [0, 0.05) is 25.4 Å². The van der Waals surface area contributed by atoms with E-state index in [0.717, 1.165) is 25.3 Å². The minimum atomic E-state index is 0.989. The zero-order chi connectivity index (χ0) is 11.3. The van der Waals surface area contributed by atoms with Crippen LogP contribution in [0.15, 0.2) is 6.20 Å². The molecule has 0 bridgehead atoms. The lowest BCUT2D eigenvalue weighted by Crippen LogP contribution is -2.22. The fourth-order valence-electron chi connectivity index (χ4n) is 1.70. The van der Waals surface area contributed by atoms with E-state index >= 15 is 0 Å². The molecule has 4 heteroatoms. The van der Waals surface area contributed by atoms with Gasteiger partial charge in [-0.15, -0.1) is 0 Å². The third-order valence-electron chi connectivity index (χ3n) is 2.52. The van der Waals surface area contributed by atoms with E-state index in [1.807, 2.05) is 18.8 Å². The number of aryl methyl sites for hydroxylation is 2. The number of rotatable bonds is 6. The first kappa shape index (κ1) is 12.2. The fraction of sp³-hybridized carbons (Fsp3) is 0.727. The van der Waals surface area contributed by atoms with Gasteiger partial charge < -0.3 is 10.2 Å². The van der Waals surface area contributed by atoms with Crippen molar-refractivity contribution in [1.29, 1.82) is 0 Å². The van der Waals surface area contributed by atoms with Gasteiger partial charge in [0.05, 0.1) is 5.69 Å². The maximum absolute atomic E-state index is 4.34. The summed E-state index contributed by atoms with van der Waals surface area (Å²) in [5.74, 6) is 0. The molecule has 0 saturated heterocycles. The van der Waals surface area contributed by atoms with Crippen LogP contribution in [0.2, 0.25) is 0 Å². The molecule has 0 spiro atoms. The lowest BCUT2D eigenvalue weighted by molar-refractivity contribution is 0.320. The van der Waals surface area contributed by atoms with E-state index in [-0.39, 0.29) is 0 Å². The lowest BCUT2D eigenvalue weighted by Gasteiger charge is -2.15. The third-order valence-corrected chi connectivity index (χ3v) is 2.52. The van der Waals surface area contributed by atoms with E-state index in [1.165, 1.54) is 12.0 Å². The van der Waals surface area contributed by atoms with Gasteiger partial charge in [-0.1, -0.05) is 0 Å². The smallest absolute Gasteiger partial charge is 0.0638 e. The fourth-order valence-corrected chi connectivity index (χ4v) is 1.70. The summed E-state index contributed by atoms with van der Waals surface area (Å²) in [7, 11) is 6.12. The predicted molar refractivity (Wildman–Crippen MR) is 62.8 cm³/mol. The summed E-state index contributed by atoms with van der Waals surface area (Å²) in [6.45, 7) is 5.26. The molecule has 0 amide bonds. The zero-order valence-corrected chi connectivity index (χ0v) is 10.2. The van der Waals surface area contributed by atoms with Gasteiger partial charge in [-0.05, 0) is 40.5 Å². The highest BCUT2D eigenvalue weighted by atomic mass is 15.3. The van der Waals surface area contributed by atoms with E-state index in [2.05, 4.69) is 35.5 Å². The van der Waals surface area contributed by atoms with Crippen molar-refractivity contribution in [3.05, 3.63) is 17.5 Å². The highest BCUT2D eigenvalue weighted by molar-refractivity contribution is 5.14. The van der Waals surface area contributed by atoms with Crippen molar-refractivity contribution in [2.45, 2.75) is 19.9 Å². The van der Waals surface area contributed by atoms with Gasteiger partial charge in [-0.25, -0.2) is 0 Å². The highest BCUT2D eigenvalue weighted by Gasteiger charge is 2.05. The molecule has 0 aliphatic heterocycles. The minimum Gasteiger partial charge on any atom is -0.320 e. The summed E-state index contributed by atoms with van der Waals surface area (Å²) in [6.07, 6.45) is 3.29. The number of nitrogens with one attached hydrogen (secondary N) is 1. The SMILES string of the molecule is CNCCCN(C)Cc1cn(C)nc1C. The van der Waals surface area contributed by atoms with E-state index in [9.17, 15) is 0 Å². The van der Waals surface area contributed by atoms with E-state index < -0.39 is 0 Å². The Balaban J connectivity index is 2.37. The van der Waals surface area contributed by atoms with Crippen molar-refractivity contribution in [3.63, 3.8) is 0 Å². The molecule has 0 aliphatic rings.